The third kappa shape index (κ3) is 6.97. The Balaban J connectivity index is 0.000000568. The predicted molar refractivity (Wildman–Crippen MR) is 98.6 cm³/mol. The van der Waals surface area contributed by atoms with E-state index in [1.54, 1.807) is 11.9 Å². The number of hydrogen-bond donors (Lipinski definition) is 2. The van der Waals surface area contributed by atoms with E-state index in [-0.39, 0.29) is 6.10 Å². The topological polar surface area (TPSA) is 90.3 Å². The van der Waals surface area contributed by atoms with E-state index in [1.807, 2.05) is 19.0 Å². The summed E-state index contributed by atoms with van der Waals surface area (Å²) in [6, 6.07) is 3.48. The molecule has 0 amide bonds. The molecule has 7 nitrogen and oxygen atoms in total. The number of fused-ring (bicyclic) bond motifs is 1. The average molecular weight is 422 g/mol. The number of ether oxygens (including phenoxy) is 1. The van der Waals surface area contributed by atoms with Gasteiger partial charge >= 0.3 is 18.1 Å². The van der Waals surface area contributed by atoms with Gasteiger partial charge in [-0.25, -0.2) is 9.59 Å². The molecule has 0 spiro atoms. The van der Waals surface area contributed by atoms with Gasteiger partial charge in [-0.15, -0.1) is 0 Å². The van der Waals surface area contributed by atoms with Crippen molar-refractivity contribution < 1.29 is 37.7 Å². The summed E-state index contributed by atoms with van der Waals surface area (Å²) >= 11 is 5.31. The van der Waals surface area contributed by atoms with Crippen molar-refractivity contribution in [3.63, 3.8) is 0 Å². The summed E-state index contributed by atoms with van der Waals surface area (Å²) in [7, 11) is 5.72. The van der Waals surface area contributed by atoms with Crippen molar-refractivity contribution in [3.05, 3.63) is 29.3 Å². The molecule has 0 saturated heterocycles. The van der Waals surface area contributed by atoms with Crippen molar-refractivity contribution >= 4 is 29.1 Å². The number of hydrogen-bond acceptors (Lipinski definition) is 5. The molecule has 2 N–H and O–H groups in total. The van der Waals surface area contributed by atoms with Crippen LogP contribution >= 0.6 is 12.2 Å². The Kier molecular flexibility index (Phi) is 8.18. The summed E-state index contributed by atoms with van der Waals surface area (Å²) in [5.41, 5.74) is -0.378. The Morgan fingerprint density at radius 2 is 1.86 bits per heavy atom. The number of likely N-dealkylation sites (N-methyl/N-ethyl adjacent to an activating group) is 1. The monoisotopic (exact) mass is 422 g/mol. The summed E-state index contributed by atoms with van der Waals surface area (Å²) in [5, 5.41) is 14.8. The molecular weight excluding hydrogens is 401 g/mol. The molecule has 0 aromatic heterocycles. The SMILES string of the molecule is CN(C)CCC1CN(C)C(=S)c2cc(C(F)(F)F)ccc2O1.O=C(O)C(=O)O. The normalized spacial score (nSPS) is 16.5. The molecule has 156 valence electrons. The summed E-state index contributed by atoms with van der Waals surface area (Å²) in [6.07, 6.45) is -3.72. The van der Waals surface area contributed by atoms with Crippen LogP contribution in [0.3, 0.4) is 0 Å². The van der Waals surface area contributed by atoms with Crippen LogP contribution < -0.4 is 4.74 Å². The maximum absolute atomic E-state index is 12.9. The number of carboxylic acids is 2. The summed E-state index contributed by atoms with van der Waals surface area (Å²) in [5.74, 6) is -3.23. The van der Waals surface area contributed by atoms with Gasteiger partial charge in [0.05, 0.1) is 17.7 Å². The molecule has 28 heavy (non-hydrogen) atoms. The van der Waals surface area contributed by atoms with Gasteiger partial charge in [-0.05, 0) is 38.7 Å². The number of carbonyl (C=O) groups is 2. The van der Waals surface area contributed by atoms with Crippen LogP contribution in [0.25, 0.3) is 0 Å². The third-order valence-electron chi connectivity index (χ3n) is 3.74. The maximum Gasteiger partial charge on any atom is 0.416 e. The molecule has 2 rings (SSSR count). The van der Waals surface area contributed by atoms with Crippen LogP contribution in [0.5, 0.6) is 5.75 Å². The van der Waals surface area contributed by atoms with Gasteiger partial charge in [0.1, 0.15) is 16.8 Å². The molecule has 11 heteroatoms. The minimum atomic E-state index is -4.39. The molecule has 1 aromatic rings. The lowest BCUT2D eigenvalue weighted by Crippen LogP contribution is -2.35. The quantitative estimate of drug-likeness (QED) is 0.566. The molecule has 0 radical (unpaired) electrons. The smallest absolute Gasteiger partial charge is 0.416 e. The largest absolute Gasteiger partial charge is 0.488 e. The maximum atomic E-state index is 12.9. The fraction of sp³-hybridized carbons (Fsp3) is 0.471. The first kappa shape index (κ1) is 23.6. The highest BCUT2D eigenvalue weighted by atomic mass is 32.1. The van der Waals surface area contributed by atoms with Crippen molar-refractivity contribution in [1.29, 1.82) is 0 Å². The van der Waals surface area contributed by atoms with Crippen molar-refractivity contribution in [3.8, 4) is 5.75 Å². The Bertz CT molecular complexity index is 728. The zero-order valence-corrected chi connectivity index (χ0v) is 16.3. The Morgan fingerprint density at radius 3 is 2.32 bits per heavy atom. The van der Waals surface area contributed by atoms with Gasteiger partial charge in [-0.1, -0.05) is 12.2 Å². The second-order valence-electron chi connectivity index (χ2n) is 6.34. The van der Waals surface area contributed by atoms with Crippen LogP contribution in [0.1, 0.15) is 17.5 Å². The number of alkyl halides is 3. The Labute approximate surface area is 165 Å². The number of nitrogens with zero attached hydrogens (tertiary/aromatic N) is 2. The number of thiocarbonyl (C=S) groups is 1. The van der Waals surface area contributed by atoms with Gasteiger partial charge in [0.25, 0.3) is 0 Å². The Hall–Kier alpha value is -2.40. The third-order valence-corrected chi connectivity index (χ3v) is 4.27. The molecule has 1 heterocycles. The van der Waals surface area contributed by atoms with Crippen molar-refractivity contribution in [2.75, 3.05) is 34.2 Å². The minimum absolute atomic E-state index is 0.108. The number of rotatable bonds is 3. The molecule has 0 fully saturated rings. The van der Waals surface area contributed by atoms with E-state index in [0.717, 1.165) is 25.1 Å². The van der Waals surface area contributed by atoms with Crippen LogP contribution in [0, 0.1) is 0 Å². The fourth-order valence-electron chi connectivity index (χ4n) is 2.34. The zero-order chi connectivity index (χ0) is 21.6. The van der Waals surface area contributed by atoms with Crippen LogP contribution in [-0.2, 0) is 15.8 Å². The second-order valence-corrected chi connectivity index (χ2v) is 6.72. The van der Waals surface area contributed by atoms with Crippen LogP contribution in [0.2, 0.25) is 0 Å². The standard InChI is InChI=1S/C15H19F3N2OS.C2H2O4/c1-19(2)7-6-11-9-20(3)14(22)12-8-10(15(16,17)18)4-5-13(12)21-11;3-1(4)2(5)6/h4-5,8,11H,6-7,9H2,1-3H3;(H,3,4)(H,5,6). The summed E-state index contributed by atoms with van der Waals surface area (Å²) in [4.78, 5) is 22.4. The lowest BCUT2D eigenvalue weighted by atomic mass is 10.1. The molecular formula is C17H21F3N2O5S. The first-order chi connectivity index (χ1) is 12.8. The van der Waals surface area contributed by atoms with Gasteiger partial charge in [0, 0.05) is 13.6 Å². The van der Waals surface area contributed by atoms with Gasteiger partial charge in [0.2, 0.25) is 0 Å². The number of aliphatic carboxylic acids is 2. The number of halogens is 3. The van der Waals surface area contributed by atoms with Gasteiger partial charge in [0.15, 0.2) is 0 Å². The van der Waals surface area contributed by atoms with Crippen molar-refractivity contribution in [1.82, 2.24) is 9.80 Å². The molecule has 1 aliphatic rings. The van der Waals surface area contributed by atoms with Crippen molar-refractivity contribution in [2.45, 2.75) is 18.7 Å². The lowest BCUT2D eigenvalue weighted by molar-refractivity contribution is -0.159. The number of carboxylic acid groups (broad SMARTS) is 2. The first-order valence-electron chi connectivity index (χ1n) is 8.07. The minimum Gasteiger partial charge on any atom is -0.488 e. The van der Waals surface area contributed by atoms with Crippen LogP contribution in [0.4, 0.5) is 13.2 Å². The van der Waals surface area contributed by atoms with E-state index in [4.69, 9.17) is 36.8 Å². The molecule has 1 aromatic carbocycles. The average Bonchev–Trinajstić information content (AvgIpc) is 2.69. The Morgan fingerprint density at radius 1 is 1.29 bits per heavy atom. The van der Waals surface area contributed by atoms with Gasteiger partial charge < -0.3 is 24.7 Å². The van der Waals surface area contributed by atoms with E-state index in [0.29, 0.717) is 22.8 Å². The van der Waals surface area contributed by atoms with Crippen molar-refractivity contribution in [2.24, 2.45) is 0 Å². The van der Waals surface area contributed by atoms with Gasteiger partial charge in [-0.2, -0.15) is 13.2 Å². The first-order valence-corrected chi connectivity index (χ1v) is 8.48. The van der Waals surface area contributed by atoms with Crippen LogP contribution in [-0.4, -0.2) is 77.3 Å². The lowest BCUT2D eigenvalue weighted by Gasteiger charge is -2.22. The summed E-state index contributed by atoms with van der Waals surface area (Å²) < 4.78 is 44.5. The van der Waals surface area contributed by atoms with E-state index >= 15 is 0 Å². The summed E-state index contributed by atoms with van der Waals surface area (Å²) in [6.45, 7) is 1.39. The van der Waals surface area contributed by atoms with E-state index < -0.39 is 23.7 Å². The highest BCUT2D eigenvalue weighted by Crippen LogP contribution is 2.34. The molecule has 1 aliphatic heterocycles. The van der Waals surface area contributed by atoms with E-state index in [2.05, 4.69) is 0 Å². The predicted octanol–water partition coefficient (Wildman–Crippen LogP) is 2.18. The number of benzene rings is 1. The highest BCUT2D eigenvalue weighted by Gasteiger charge is 2.33. The second kappa shape index (κ2) is 9.69. The molecule has 1 atom stereocenters. The van der Waals surface area contributed by atoms with E-state index in [1.165, 1.54) is 6.07 Å². The molecule has 0 bridgehead atoms. The fourth-order valence-corrected chi connectivity index (χ4v) is 2.57. The zero-order valence-electron chi connectivity index (χ0n) is 15.5. The van der Waals surface area contributed by atoms with Crippen LogP contribution in [0.15, 0.2) is 18.2 Å². The van der Waals surface area contributed by atoms with Gasteiger partial charge in [-0.3, -0.25) is 0 Å². The molecule has 1 unspecified atom stereocenters. The van der Waals surface area contributed by atoms with E-state index in [9.17, 15) is 13.2 Å². The molecule has 0 aliphatic carbocycles. The highest BCUT2D eigenvalue weighted by molar-refractivity contribution is 7.80. The molecule has 0 saturated carbocycles.